The van der Waals surface area contributed by atoms with Crippen LogP contribution in [0.3, 0.4) is 0 Å². The first kappa shape index (κ1) is 21.6. The summed E-state index contributed by atoms with van der Waals surface area (Å²) >= 11 is 0. The third-order valence-corrected chi connectivity index (χ3v) is 3.84. The van der Waals surface area contributed by atoms with E-state index < -0.39 is 5.97 Å². The predicted molar refractivity (Wildman–Crippen MR) is 98.1 cm³/mol. The molecular formula is C21H34O2. The van der Waals surface area contributed by atoms with Crippen LogP contribution >= 0.6 is 0 Å². The number of unbranched alkanes of at least 4 members (excludes halogenated alkanes) is 12. The van der Waals surface area contributed by atoms with Gasteiger partial charge in [0.15, 0.2) is 0 Å². The summed E-state index contributed by atoms with van der Waals surface area (Å²) in [6, 6.07) is 0. The van der Waals surface area contributed by atoms with Crippen molar-refractivity contribution in [2.45, 2.75) is 103 Å². The highest BCUT2D eigenvalue weighted by molar-refractivity contribution is 5.66. The van der Waals surface area contributed by atoms with Crippen molar-refractivity contribution in [2.24, 2.45) is 0 Å². The molecule has 0 unspecified atom stereocenters. The molecule has 1 N–H and O–H groups in total. The van der Waals surface area contributed by atoms with Gasteiger partial charge in [0.2, 0.25) is 0 Å². The third-order valence-electron chi connectivity index (χ3n) is 3.84. The Morgan fingerprint density at radius 1 is 0.696 bits per heavy atom. The van der Waals surface area contributed by atoms with Crippen molar-refractivity contribution in [1.29, 1.82) is 0 Å². The molecule has 0 spiro atoms. The van der Waals surface area contributed by atoms with Crippen molar-refractivity contribution in [3.63, 3.8) is 0 Å². The van der Waals surface area contributed by atoms with Crippen LogP contribution in [0.25, 0.3) is 0 Å². The number of rotatable bonds is 14. The number of carboxylic acid groups (broad SMARTS) is 1. The molecule has 0 heterocycles. The van der Waals surface area contributed by atoms with Gasteiger partial charge in [-0.25, -0.2) is 0 Å². The third kappa shape index (κ3) is 20.6. The molecular weight excluding hydrogens is 284 g/mol. The smallest absolute Gasteiger partial charge is 0.303 e. The summed E-state index contributed by atoms with van der Waals surface area (Å²) in [5.41, 5.74) is 0. The van der Waals surface area contributed by atoms with Crippen LogP contribution in [-0.4, -0.2) is 11.1 Å². The molecule has 0 aromatic heterocycles. The van der Waals surface area contributed by atoms with Gasteiger partial charge in [-0.2, -0.15) is 0 Å². The molecule has 0 rings (SSSR count). The highest BCUT2D eigenvalue weighted by Gasteiger charge is 1.93. The first-order valence-electron chi connectivity index (χ1n) is 9.45. The molecule has 0 fully saturated rings. The van der Waals surface area contributed by atoms with Crippen LogP contribution in [-0.2, 0) is 4.79 Å². The zero-order valence-corrected chi connectivity index (χ0v) is 15.0. The summed E-state index contributed by atoms with van der Waals surface area (Å²) in [4.78, 5) is 10.3. The fraction of sp³-hybridized carbons (Fsp3) is 0.762. The van der Waals surface area contributed by atoms with Crippen LogP contribution < -0.4 is 0 Å². The first-order valence-corrected chi connectivity index (χ1v) is 9.45. The SMILES string of the molecule is CCCCCCCCCCCCCC#CC#CCCCC(=O)O. The van der Waals surface area contributed by atoms with Crippen LogP contribution in [0.4, 0.5) is 0 Å². The van der Waals surface area contributed by atoms with E-state index in [1.165, 1.54) is 70.6 Å². The van der Waals surface area contributed by atoms with Crippen molar-refractivity contribution in [3.05, 3.63) is 0 Å². The Hall–Kier alpha value is -1.41. The molecule has 0 radical (unpaired) electrons. The predicted octanol–water partition coefficient (Wildman–Crippen LogP) is 5.95. The lowest BCUT2D eigenvalue weighted by Gasteiger charge is -2.01. The number of carboxylic acids is 1. The fourth-order valence-corrected chi connectivity index (χ4v) is 2.42. The zero-order chi connectivity index (χ0) is 17.0. The molecule has 0 atom stereocenters. The summed E-state index contributed by atoms with van der Waals surface area (Å²) in [5, 5.41) is 8.47. The summed E-state index contributed by atoms with van der Waals surface area (Å²) in [6.45, 7) is 2.26. The van der Waals surface area contributed by atoms with E-state index in [4.69, 9.17) is 5.11 Å². The second-order valence-corrected chi connectivity index (χ2v) is 6.14. The lowest BCUT2D eigenvalue weighted by molar-refractivity contribution is -0.137. The second kappa shape index (κ2) is 18.6. The maximum atomic E-state index is 10.3. The standard InChI is InChI=1S/C21H34O2/c1-2-3-4-5-6-7-8-9-10-11-12-13-14-15-16-17-18-19-20-21(22)23/h2-13,18-20H2,1H3,(H,22,23). The highest BCUT2D eigenvalue weighted by Crippen LogP contribution is 2.11. The molecule has 0 amide bonds. The molecule has 0 bridgehead atoms. The molecule has 0 aromatic carbocycles. The molecule has 2 nitrogen and oxygen atoms in total. The molecule has 2 heteroatoms. The van der Waals surface area contributed by atoms with Gasteiger partial charge in [-0.3, -0.25) is 4.79 Å². The lowest BCUT2D eigenvalue weighted by Crippen LogP contribution is -1.92. The van der Waals surface area contributed by atoms with Gasteiger partial charge in [-0.05, 0) is 24.7 Å². The number of carbonyl (C=O) groups is 1. The van der Waals surface area contributed by atoms with E-state index in [1.54, 1.807) is 0 Å². The molecule has 130 valence electrons. The summed E-state index contributed by atoms with van der Waals surface area (Å²) in [5.74, 6) is 10.9. The van der Waals surface area contributed by atoms with Crippen molar-refractivity contribution in [2.75, 3.05) is 0 Å². The number of hydrogen-bond acceptors (Lipinski definition) is 1. The largest absolute Gasteiger partial charge is 0.481 e. The quantitative estimate of drug-likeness (QED) is 0.317. The Morgan fingerprint density at radius 3 is 1.61 bits per heavy atom. The van der Waals surface area contributed by atoms with Gasteiger partial charge in [0.1, 0.15) is 0 Å². The zero-order valence-electron chi connectivity index (χ0n) is 15.0. The van der Waals surface area contributed by atoms with Gasteiger partial charge in [0.05, 0.1) is 0 Å². The Bertz CT molecular complexity index is 390. The molecule has 0 aliphatic rings. The Balaban J connectivity index is 3.23. The maximum Gasteiger partial charge on any atom is 0.303 e. The normalized spacial score (nSPS) is 9.61. The van der Waals surface area contributed by atoms with Crippen molar-refractivity contribution in [3.8, 4) is 23.7 Å². The van der Waals surface area contributed by atoms with E-state index in [1.807, 2.05) is 0 Å². The van der Waals surface area contributed by atoms with E-state index >= 15 is 0 Å². The summed E-state index contributed by atoms with van der Waals surface area (Å²) in [6.07, 6.45) is 17.3. The number of hydrogen-bond donors (Lipinski definition) is 1. The Morgan fingerprint density at radius 2 is 1.13 bits per heavy atom. The van der Waals surface area contributed by atoms with Crippen LogP contribution in [0, 0.1) is 23.7 Å². The monoisotopic (exact) mass is 318 g/mol. The Labute approximate surface area is 143 Å². The minimum atomic E-state index is -0.755. The molecule has 0 saturated carbocycles. The van der Waals surface area contributed by atoms with Gasteiger partial charge >= 0.3 is 5.97 Å². The van der Waals surface area contributed by atoms with Gasteiger partial charge in [0.25, 0.3) is 0 Å². The highest BCUT2D eigenvalue weighted by atomic mass is 16.4. The van der Waals surface area contributed by atoms with Gasteiger partial charge in [0, 0.05) is 19.3 Å². The minimum absolute atomic E-state index is 0.195. The van der Waals surface area contributed by atoms with Crippen LogP contribution in [0.1, 0.15) is 103 Å². The van der Waals surface area contributed by atoms with Crippen molar-refractivity contribution < 1.29 is 9.90 Å². The van der Waals surface area contributed by atoms with Gasteiger partial charge in [-0.1, -0.05) is 83.0 Å². The summed E-state index contributed by atoms with van der Waals surface area (Å²) in [7, 11) is 0. The second-order valence-electron chi connectivity index (χ2n) is 6.14. The Kier molecular flexibility index (Phi) is 17.5. The molecule has 0 aliphatic carbocycles. The average molecular weight is 319 g/mol. The van der Waals surface area contributed by atoms with Crippen molar-refractivity contribution >= 4 is 5.97 Å². The first-order chi connectivity index (χ1) is 11.3. The summed E-state index contributed by atoms with van der Waals surface area (Å²) < 4.78 is 0. The van der Waals surface area contributed by atoms with Crippen molar-refractivity contribution in [1.82, 2.24) is 0 Å². The van der Waals surface area contributed by atoms with E-state index in [0.29, 0.717) is 12.8 Å². The van der Waals surface area contributed by atoms with Gasteiger partial charge in [-0.15, -0.1) is 0 Å². The van der Waals surface area contributed by atoms with Crippen LogP contribution in [0.5, 0.6) is 0 Å². The van der Waals surface area contributed by atoms with E-state index in [-0.39, 0.29) is 6.42 Å². The fourth-order valence-electron chi connectivity index (χ4n) is 2.42. The maximum absolute atomic E-state index is 10.3. The number of aliphatic carboxylic acids is 1. The topological polar surface area (TPSA) is 37.3 Å². The minimum Gasteiger partial charge on any atom is -0.481 e. The van der Waals surface area contributed by atoms with E-state index in [9.17, 15) is 4.79 Å². The average Bonchev–Trinajstić information content (AvgIpc) is 2.53. The lowest BCUT2D eigenvalue weighted by atomic mass is 10.1. The van der Waals surface area contributed by atoms with Gasteiger partial charge < -0.3 is 5.11 Å². The molecule has 0 saturated heterocycles. The van der Waals surface area contributed by atoms with Crippen LogP contribution in [0.2, 0.25) is 0 Å². The van der Waals surface area contributed by atoms with Crippen LogP contribution in [0.15, 0.2) is 0 Å². The molecule has 0 aliphatic heterocycles. The molecule has 23 heavy (non-hydrogen) atoms. The molecule has 0 aromatic rings. The van der Waals surface area contributed by atoms with E-state index in [2.05, 4.69) is 30.6 Å². The van der Waals surface area contributed by atoms with E-state index in [0.717, 1.165) is 6.42 Å².